The summed E-state index contributed by atoms with van der Waals surface area (Å²) < 4.78 is 10.8. The Labute approximate surface area is 180 Å². The smallest absolute Gasteiger partial charge is 0.339 e. The van der Waals surface area contributed by atoms with E-state index in [1.54, 1.807) is 42.7 Å². The van der Waals surface area contributed by atoms with Gasteiger partial charge in [0, 0.05) is 10.9 Å². The second kappa shape index (κ2) is 8.19. The van der Waals surface area contributed by atoms with Crippen LogP contribution in [0, 0.1) is 0 Å². The van der Waals surface area contributed by atoms with E-state index in [2.05, 4.69) is 25.8 Å². The SMILES string of the molecule is CC(C)(C)c1ccc(C(=O)COC(=O)c2cc(-c3ccco3)nc3ccccc23)cc1. The maximum atomic E-state index is 12.9. The lowest BCUT2D eigenvalue weighted by molar-refractivity contribution is 0.0476. The Hall–Kier alpha value is -3.73. The predicted molar refractivity (Wildman–Crippen MR) is 119 cm³/mol. The highest BCUT2D eigenvalue weighted by Crippen LogP contribution is 2.26. The molecule has 31 heavy (non-hydrogen) atoms. The van der Waals surface area contributed by atoms with Gasteiger partial charge in [-0.15, -0.1) is 0 Å². The van der Waals surface area contributed by atoms with Crippen LogP contribution in [-0.4, -0.2) is 23.3 Å². The van der Waals surface area contributed by atoms with E-state index in [0.717, 1.165) is 5.56 Å². The quantitative estimate of drug-likeness (QED) is 0.304. The van der Waals surface area contributed by atoms with E-state index in [-0.39, 0.29) is 17.8 Å². The van der Waals surface area contributed by atoms with Crippen LogP contribution < -0.4 is 0 Å². The van der Waals surface area contributed by atoms with Crippen molar-refractivity contribution in [3.05, 3.63) is 89.7 Å². The molecular formula is C26H23NO4. The molecular weight excluding hydrogens is 390 g/mol. The van der Waals surface area contributed by atoms with Crippen molar-refractivity contribution < 1.29 is 18.7 Å². The van der Waals surface area contributed by atoms with Gasteiger partial charge in [-0.3, -0.25) is 4.79 Å². The number of rotatable bonds is 5. The van der Waals surface area contributed by atoms with Crippen LogP contribution in [-0.2, 0) is 10.2 Å². The molecule has 0 atom stereocenters. The van der Waals surface area contributed by atoms with Gasteiger partial charge >= 0.3 is 5.97 Å². The van der Waals surface area contributed by atoms with Gasteiger partial charge in [-0.2, -0.15) is 0 Å². The minimum Gasteiger partial charge on any atom is -0.463 e. The van der Waals surface area contributed by atoms with Crippen molar-refractivity contribution in [1.82, 2.24) is 4.98 Å². The number of carbonyl (C=O) groups excluding carboxylic acids is 2. The number of ether oxygens (including phenoxy) is 1. The number of nitrogens with zero attached hydrogens (tertiary/aromatic N) is 1. The van der Waals surface area contributed by atoms with Crippen molar-refractivity contribution in [1.29, 1.82) is 0 Å². The van der Waals surface area contributed by atoms with Gasteiger partial charge in [-0.05, 0) is 35.2 Å². The third-order valence-corrected chi connectivity index (χ3v) is 5.12. The summed E-state index contributed by atoms with van der Waals surface area (Å²) in [5.41, 5.74) is 3.16. The molecule has 0 saturated heterocycles. The van der Waals surface area contributed by atoms with Gasteiger partial charge in [-0.25, -0.2) is 9.78 Å². The highest BCUT2D eigenvalue weighted by molar-refractivity contribution is 6.06. The molecule has 5 nitrogen and oxygen atoms in total. The molecule has 0 saturated carbocycles. The molecule has 0 aliphatic carbocycles. The van der Waals surface area contributed by atoms with Gasteiger partial charge in [-0.1, -0.05) is 63.2 Å². The van der Waals surface area contributed by atoms with Crippen molar-refractivity contribution in [3.63, 3.8) is 0 Å². The molecule has 0 N–H and O–H groups in total. The largest absolute Gasteiger partial charge is 0.463 e. The van der Waals surface area contributed by atoms with E-state index in [4.69, 9.17) is 9.15 Å². The van der Waals surface area contributed by atoms with E-state index in [9.17, 15) is 9.59 Å². The van der Waals surface area contributed by atoms with Gasteiger partial charge in [0.15, 0.2) is 18.2 Å². The fourth-order valence-corrected chi connectivity index (χ4v) is 3.34. The third-order valence-electron chi connectivity index (χ3n) is 5.12. The Balaban J connectivity index is 1.55. The first-order valence-electron chi connectivity index (χ1n) is 10.1. The zero-order valence-corrected chi connectivity index (χ0v) is 17.7. The Morgan fingerprint density at radius 2 is 1.71 bits per heavy atom. The standard InChI is InChI=1S/C26H23NO4/c1-26(2,3)18-12-10-17(11-13-18)23(28)16-31-25(29)20-15-22(24-9-6-14-30-24)27-21-8-5-4-7-19(20)21/h4-15H,16H2,1-3H3. The topological polar surface area (TPSA) is 69.4 Å². The van der Waals surface area contributed by atoms with Crippen LogP contribution in [0.1, 0.15) is 47.1 Å². The number of hydrogen-bond acceptors (Lipinski definition) is 5. The minimum atomic E-state index is -0.578. The number of esters is 1. The summed E-state index contributed by atoms with van der Waals surface area (Å²) in [4.78, 5) is 30.0. The van der Waals surface area contributed by atoms with E-state index < -0.39 is 5.97 Å². The van der Waals surface area contributed by atoms with E-state index in [1.807, 2.05) is 30.3 Å². The Kier molecular flexibility index (Phi) is 5.42. The summed E-state index contributed by atoms with van der Waals surface area (Å²) in [5, 5.41) is 0.657. The summed E-state index contributed by atoms with van der Waals surface area (Å²) in [6.45, 7) is 6.01. The van der Waals surface area contributed by atoms with Crippen LogP contribution in [0.4, 0.5) is 0 Å². The van der Waals surface area contributed by atoms with Crippen molar-refractivity contribution in [2.24, 2.45) is 0 Å². The first-order chi connectivity index (χ1) is 14.8. The number of furan rings is 1. The lowest BCUT2D eigenvalue weighted by Crippen LogP contribution is -2.16. The number of hydrogen-bond donors (Lipinski definition) is 0. The van der Waals surface area contributed by atoms with E-state index >= 15 is 0 Å². The lowest BCUT2D eigenvalue weighted by atomic mass is 9.86. The van der Waals surface area contributed by atoms with Gasteiger partial charge in [0.25, 0.3) is 0 Å². The van der Waals surface area contributed by atoms with Gasteiger partial charge in [0.05, 0.1) is 17.3 Å². The third kappa shape index (κ3) is 4.40. The molecule has 5 heteroatoms. The number of carbonyl (C=O) groups is 2. The van der Waals surface area contributed by atoms with Crippen LogP contribution in [0.5, 0.6) is 0 Å². The number of benzene rings is 2. The monoisotopic (exact) mass is 413 g/mol. The number of pyridine rings is 1. The summed E-state index contributed by atoms with van der Waals surface area (Å²) in [6, 6.07) is 19.9. The Bertz CT molecular complexity index is 1230. The zero-order chi connectivity index (χ0) is 22.0. The van der Waals surface area contributed by atoms with Crippen molar-refractivity contribution in [2.75, 3.05) is 6.61 Å². The Morgan fingerprint density at radius 1 is 0.968 bits per heavy atom. The summed E-state index contributed by atoms with van der Waals surface area (Å²) in [6.07, 6.45) is 1.55. The number of aromatic nitrogens is 1. The molecule has 0 fully saturated rings. The molecule has 2 heterocycles. The lowest BCUT2D eigenvalue weighted by Gasteiger charge is -2.19. The van der Waals surface area contributed by atoms with Crippen LogP contribution >= 0.6 is 0 Å². The van der Waals surface area contributed by atoms with Crippen LogP contribution in [0.2, 0.25) is 0 Å². The molecule has 0 bridgehead atoms. The van der Waals surface area contributed by atoms with Gasteiger partial charge in [0.1, 0.15) is 5.69 Å². The molecule has 0 radical (unpaired) electrons. The van der Waals surface area contributed by atoms with Gasteiger partial charge in [0.2, 0.25) is 0 Å². The molecule has 2 aromatic heterocycles. The fourth-order valence-electron chi connectivity index (χ4n) is 3.34. The zero-order valence-electron chi connectivity index (χ0n) is 17.7. The average molecular weight is 413 g/mol. The first kappa shape index (κ1) is 20.5. The fraction of sp³-hybridized carbons (Fsp3) is 0.192. The summed E-state index contributed by atoms with van der Waals surface area (Å²) in [7, 11) is 0. The number of Topliss-reactive ketones (excluding diaryl/α,β-unsaturated/α-hetero) is 1. The second-order valence-corrected chi connectivity index (χ2v) is 8.38. The highest BCUT2D eigenvalue weighted by atomic mass is 16.5. The Morgan fingerprint density at radius 3 is 2.39 bits per heavy atom. The van der Waals surface area contributed by atoms with E-state index in [1.165, 1.54) is 0 Å². The normalized spacial score (nSPS) is 11.5. The average Bonchev–Trinajstić information content (AvgIpc) is 3.31. The number of fused-ring (bicyclic) bond motifs is 1. The minimum absolute atomic E-state index is 0.00213. The molecule has 0 aliphatic rings. The number of ketones is 1. The van der Waals surface area contributed by atoms with Crippen LogP contribution in [0.15, 0.2) is 77.4 Å². The maximum absolute atomic E-state index is 12.9. The predicted octanol–water partition coefficient (Wildman–Crippen LogP) is 5.83. The summed E-state index contributed by atoms with van der Waals surface area (Å²) in [5.74, 6) is -0.278. The maximum Gasteiger partial charge on any atom is 0.339 e. The molecule has 4 rings (SSSR count). The summed E-state index contributed by atoms with van der Waals surface area (Å²) >= 11 is 0. The highest BCUT2D eigenvalue weighted by Gasteiger charge is 2.19. The molecule has 0 spiro atoms. The van der Waals surface area contributed by atoms with Crippen LogP contribution in [0.3, 0.4) is 0 Å². The molecule has 2 aromatic carbocycles. The van der Waals surface area contributed by atoms with Crippen molar-refractivity contribution in [3.8, 4) is 11.5 Å². The molecule has 0 unspecified atom stereocenters. The molecule has 156 valence electrons. The first-order valence-corrected chi connectivity index (χ1v) is 10.1. The second-order valence-electron chi connectivity index (χ2n) is 8.38. The number of para-hydroxylation sites is 1. The molecule has 0 aliphatic heterocycles. The van der Waals surface area contributed by atoms with E-state index in [0.29, 0.717) is 33.5 Å². The van der Waals surface area contributed by atoms with Crippen molar-refractivity contribution >= 4 is 22.7 Å². The molecule has 4 aromatic rings. The molecule has 0 amide bonds. The van der Waals surface area contributed by atoms with Crippen molar-refractivity contribution in [2.45, 2.75) is 26.2 Å². The van der Waals surface area contributed by atoms with Gasteiger partial charge < -0.3 is 9.15 Å². The van der Waals surface area contributed by atoms with Crippen LogP contribution in [0.25, 0.3) is 22.4 Å².